The van der Waals surface area contributed by atoms with Crippen molar-refractivity contribution < 1.29 is 14.8 Å². The Bertz CT molecular complexity index is 396. The molecule has 0 radical (unpaired) electrons. The van der Waals surface area contributed by atoms with Crippen LogP contribution in [0.25, 0.3) is 0 Å². The van der Waals surface area contributed by atoms with Crippen molar-refractivity contribution in [1.82, 2.24) is 9.80 Å². The molecule has 2 aliphatic rings. The lowest BCUT2D eigenvalue weighted by Gasteiger charge is -2.38. The molecule has 18 heavy (non-hydrogen) atoms. The van der Waals surface area contributed by atoms with Crippen LogP contribution in [0.4, 0.5) is 0 Å². The molecule has 2 amide bonds. The van der Waals surface area contributed by atoms with Gasteiger partial charge in [-0.2, -0.15) is 0 Å². The average Bonchev–Trinajstić information content (AvgIpc) is 2.77. The van der Waals surface area contributed by atoms with Crippen LogP contribution in [0.1, 0.15) is 19.8 Å². The summed E-state index contributed by atoms with van der Waals surface area (Å²) >= 11 is 0. The number of nitrogens with two attached hydrogens (primary N) is 1. The molecule has 2 atom stereocenters. The molecule has 2 unspecified atom stereocenters. The maximum absolute atomic E-state index is 12.1. The van der Waals surface area contributed by atoms with Crippen molar-refractivity contribution >= 4 is 17.6 Å². The van der Waals surface area contributed by atoms with Crippen molar-refractivity contribution in [3.8, 4) is 0 Å². The molecule has 2 saturated heterocycles. The van der Waals surface area contributed by atoms with E-state index in [1.807, 2.05) is 4.90 Å². The minimum absolute atomic E-state index is 0.0788. The van der Waals surface area contributed by atoms with Gasteiger partial charge in [0.1, 0.15) is 0 Å². The number of rotatable bonds is 2. The van der Waals surface area contributed by atoms with Crippen LogP contribution in [-0.2, 0) is 9.59 Å². The summed E-state index contributed by atoms with van der Waals surface area (Å²) in [5.74, 6) is -0.676. The van der Waals surface area contributed by atoms with Crippen molar-refractivity contribution in [2.24, 2.45) is 16.8 Å². The van der Waals surface area contributed by atoms with Crippen LogP contribution in [-0.4, -0.2) is 58.3 Å². The number of hydrogen-bond acceptors (Lipinski definition) is 4. The SMILES string of the molecule is CC(C(=O)N1CCN2C(=O)CCC2C1)C(N)=NO. The smallest absolute Gasteiger partial charge is 0.233 e. The van der Waals surface area contributed by atoms with Gasteiger partial charge in [-0.1, -0.05) is 5.16 Å². The molecule has 2 fully saturated rings. The first kappa shape index (κ1) is 12.7. The molecule has 2 rings (SSSR count). The molecule has 3 N–H and O–H groups in total. The van der Waals surface area contributed by atoms with E-state index in [9.17, 15) is 9.59 Å². The van der Waals surface area contributed by atoms with Gasteiger partial charge in [0.15, 0.2) is 5.84 Å². The molecule has 7 nitrogen and oxygen atoms in total. The number of fused-ring (bicyclic) bond motifs is 1. The summed E-state index contributed by atoms with van der Waals surface area (Å²) in [5, 5.41) is 11.4. The van der Waals surface area contributed by atoms with E-state index in [-0.39, 0.29) is 23.7 Å². The molecule has 0 aliphatic carbocycles. The predicted octanol–water partition coefficient (Wildman–Crippen LogP) is -0.798. The molecule has 2 heterocycles. The molecular formula is C11H18N4O3. The third-order valence-corrected chi connectivity index (χ3v) is 3.74. The molecule has 0 aromatic heterocycles. The maximum Gasteiger partial charge on any atom is 0.233 e. The van der Waals surface area contributed by atoms with Crippen molar-refractivity contribution in [2.75, 3.05) is 19.6 Å². The number of amidine groups is 1. The highest BCUT2D eigenvalue weighted by molar-refractivity contribution is 6.01. The molecule has 0 bridgehead atoms. The van der Waals surface area contributed by atoms with Crippen molar-refractivity contribution in [2.45, 2.75) is 25.8 Å². The standard InChI is InChI=1S/C11H18N4O3/c1-7(10(12)13-18)11(17)14-4-5-15-8(6-14)2-3-9(15)16/h7-8,18H,2-6H2,1H3,(H2,12,13). The number of carbonyl (C=O) groups excluding carboxylic acids is 2. The lowest BCUT2D eigenvalue weighted by Crippen LogP contribution is -2.55. The normalized spacial score (nSPS) is 26.2. The largest absolute Gasteiger partial charge is 0.409 e. The van der Waals surface area contributed by atoms with E-state index in [1.165, 1.54) is 0 Å². The van der Waals surface area contributed by atoms with Gasteiger partial charge in [-0.3, -0.25) is 9.59 Å². The predicted molar refractivity (Wildman–Crippen MR) is 63.9 cm³/mol. The number of carbonyl (C=O) groups is 2. The van der Waals surface area contributed by atoms with Gasteiger partial charge in [0, 0.05) is 32.1 Å². The van der Waals surface area contributed by atoms with E-state index >= 15 is 0 Å². The van der Waals surface area contributed by atoms with Crippen LogP contribution in [0.2, 0.25) is 0 Å². The lowest BCUT2D eigenvalue weighted by atomic mass is 10.1. The summed E-state index contributed by atoms with van der Waals surface area (Å²) in [7, 11) is 0. The minimum atomic E-state index is -0.626. The first-order valence-corrected chi connectivity index (χ1v) is 6.10. The Labute approximate surface area is 105 Å². The van der Waals surface area contributed by atoms with E-state index in [0.717, 1.165) is 6.42 Å². The summed E-state index contributed by atoms with van der Waals surface area (Å²) in [4.78, 5) is 27.2. The Kier molecular flexibility index (Phi) is 3.40. The fraction of sp³-hybridized carbons (Fsp3) is 0.727. The second-order valence-electron chi connectivity index (χ2n) is 4.81. The van der Waals surface area contributed by atoms with Crippen molar-refractivity contribution in [3.63, 3.8) is 0 Å². The van der Waals surface area contributed by atoms with Gasteiger partial charge in [0.2, 0.25) is 11.8 Å². The van der Waals surface area contributed by atoms with Gasteiger partial charge >= 0.3 is 0 Å². The van der Waals surface area contributed by atoms with E-state index in [0.29, 0.717) is 26.1 Å². The van der Waals surface area contributed by atoms with E-state index in [2.05, 4.69) is 5.16 Å². The minimum Gasteiger partial charge on any atom is -0.409 e. The molecule has 7 heteroatoms. The summed E-state index contributed by atoms with van der Waals surface area (Å²) in [6, 6.07) is 0.134. The zero-order valence-electron chi connectivity index (χ0n) is 10.4. The summed E-state index contributed by atoms with van der Waals surface area (Å²) in [5.41, 5.74) is 5.44. The van der Waals surface area contributed by atoms with Gasteiger partial charge in [0.05, 0.1) is 5.92 Å². The van der Waals surface area contributed by atoms with Crippen LogP contribution in [0.15, 0.2) is 5.16 Å². The number of hydrogen-bond donors (Lipinski definition) is 2. The first-order chi connectivity index (χ1) is 8.54. The highest BCUT2D eigenvalue weighted by Crippen LogP contribution is 2.23. The van der Waals surface area contributed by atoms with Gasteiger partial charge < -0.3 is 20.7 Å². The van der Waals surface area contributed by atoms with E-state index in [1.54, 1.807) is 11.8 Å². The molecule has 100 valence electrons. The first-order valence-electron chi connectivity index (χ1n) is 6.10. The van der Waals surface area contributed by atoms with Crippen LogP contribution < -0.4 is 5.73 Å². The Morgan fingerprint density at radius 3 is 2.94 bits per heavy atom. The number of amides is 2. The molecule has 0 aromatic rings. The quantitative estimate of drug-likeness (QED) is 0.292. The summed E-state index contributed by atoms with van der Waals surface area (Å²) in [6.45, 7) is 3.26. The molecule has 0 saturated carbocycles. The van der Waals surface area contributed by atoms with Gasteiger partial charge in [0.25, 0.3) is 0 Å². The van der Waals surface area contributed by atoms with Crippen LogP contribution in [0, 0.1) is 5.92 Å². The van der Waals surface area contributed by atoms with E-state index in [4.69, 9.17) is 10.9 Å². The monoisotopic (exact) mass is 254 g/mol. The van der Waals surface area contributed by atoms with Crippen molar-refractivity contribution in [1.29, 1.82) is 0 Å². The second kappa shape index (κ2) is 4.83. The second-order valence-corrected chi connectivity index (χ2v) is 4.81. The topological polar surface area (TPSA) is 99.2 Å². The third kappa shape index (κ3) is 2.12. The van der Waals surface area contributed by atoms with Gasteiger partial charge in [-0.25, -0.2) is 0 Å². The number of oxime groups is 1. The Balaban J connectivity index is 2.00. The van der Waals surface area contributed by atoms with E-state index < -0.39 is 5.92 Å². The molecular weight excluding hydrogens is 236 g/mol. The van der Waals surface area contributed by atoms with Gasteiger partial charge in [-0.05, 0) is 13.3 Å². The average molecular weight is 254 g/mol. The fourth-order valence-electron chi connectivity index (χ4n) is 2.55. The summed E-state index contributed by atoms with van der Waals surface area (Å²) < 4.78 is 0. The van der Waals surface area contributed by atoms with Crippen LogP contribution in [0.5, 0.6) is 0 Å². The van der Waals surface area contributed by atoms with Crippen LogP contribution in [0.3, 0.4) is 0 Å². The zero-order valence-corrected chi connectivity index (χ0v) is 10.4. The molecule has 0 aromatic carbocycles. The van der Waals surface area contributed by atoms with Crippen LogP contribution >= 0.6 is 0 Å². The lowest BCUT2D eigenvalue weighted by molar-refractivity contribution is -0.140. The Hall–Kier alpha value is -1.79. The number of nitrogens with zero attached hydrogens (tertiary/aromatic N) is 3. The van der Waals surface area contributed by atoms with Gasteiger partial charge in [-0.15, -0.1) is 0 Å². The Morgan fingerprint density at radius 1 is 1.56 bits per heavy atom. The fourth-order valence-corrected chi connectivity index (χ4v) is 2.55. The zero-order chi connectivity index (χ0) is 13.3. The third-order valence-electron chi connectivity index (χ3n) is 3.74. The highest BCUT2D eigenvalue weighted by atomic mass is 16.4. The maximum atomic E-state index is 12.1. The highest BCUT2D eigenvalue weighted by Gasteiger charge is 2.38. The molecule has 2 aliphatic heterocycles. The summed E-state index contributed by atoms with van der Waals surface area (Å²) in [6.07, 6.45) is 1.38. The number of piperazine rings is 1. The Morgan fingerprint density at radius 2 is 2.28 bits per heavy atom. The molecule has 0 spiro atoms. The van der Waals surface area contributed by atoms with Crippen molar-refractivity contribution in [3.05, 3.63) is 0 Å².